The topological polar surface area (TPSA) is 64.7 Å². The fourth-order valence-electron chi connectivity index (χ4n) is 2.92. The number of hydrogen-bond donors (Lipinski definition) is 1. The van der Waals surface area contributed by atoms with Crippen LogP contribution < -0.4 is 5.32 Å². The van der Waals surface area contributed by atoms with Gasteiger partial charge < -0.3 is 5.32 Å². The molecule has 0 aliphatic carbocycles. The summed E-state index contributed by atoms with van der Waals surface area (Å²) in [6.45, 7) is 5.99. The molecule has 25 heavy (non-hydrogen) atoms. The second kappa shape index (κ2) is 7.70. The Bertz CT molecular complexity index is 866. The maximum Gasteiger partial charge on any atom is 0.221 e. The summed E-state index contributed by atoms with van der Waals surface area (Å²) in [7, 11) is 0. The van der Waals surface area contributed by atoms with E-state index in [2.05, 4.69) is 22.4 Å². The maximum atomic E-state index is 12.1. The van der Waals surface area contributed by atoms with E-state index in [1.54, 1.807) is 0 Å². The SMILES string of the molecule is CCn1nc(C)c2c1cnn2CCC(=O)NCCc1ccc(Cl)cc1. The molecule has 0 fully saturated rings. The Balaban J connectivity index is 1.51. The summed E-state index contributed by atoms with van der Waals surface area (Å²) < 4.78 is 3.79. The van der Waals surface area contributed by atoms with E-state index in [0.717, 1.165) is 40.3 Å². The standard InChI is InChI=1S/C18H22ClN5O/c1-3-23-16-12-21-24(18(16)13(2)22-23)11-9-17(25)20-10-8-14-4-6-15(19)7-5-14/h4-7,12H,3,8-11H2,1-2H3,(H,20,25). The third kappa shape index (κ3) is 4.02. The van der Waals surface area contributed by atoms with E-state index in [1.807, 2.05) is 46.7 Å². The lowest BCUT2D eigenvalue weighted by Gasteiger charge is -2.06. The van der Waals surface area contributed by atoms with E-state index in [-0.39, 0.29) is 5.91 Å². The molecule has 132 valence electrons. The molecule has 0 aliphatic rings. The van der Waals surface area contributed by atoms with Gasteiger partial charge in [-0.3, -0.25) is 14.2 Å². The summed E-state index contributed by atoms with van der Waals surface area (Å²) in [4.78, 5) is 12.1. The zero-order valence-corrected chi connectivity index (χ0v) is 15.3. The molecule has 0 saturated heterocycles. The van der Waals surface area contributed by atoms with Gasteiger partial charge in [0, 0.05) is 24.5 Å². The van der Waals surface area contributed by atoms with Gasteiger partial charge >= 0.3 is 0 Å². The predicted molar refractivity (Wildman–Crippen MR) is 98.7 cm³/mol. The largest absolute Gasteiger partial charge is 0.356 e. The lowest BCUT2D eigenvalue weighted by molar-refractivity contribution is -0.121. The van der Waals surface area contributed by atoms with E-state index in [1.165, 1.54) is 0 Å². The van der Waals surface area contributed by atoms with Crippen LogP contribution in [0.25, 0.3) is 11.0 Å². The Labute approximate surface area is 151 Å². The summed E-state index contributed by atoms with van der Waals surface area (Å²) in [6, 6.07) is 7.67. The first kappa shape index (κ1) is 17.5. The molecule has 1 amide bonds. The highest BCUT2D eigenvalue weighted by molar-refractivity contribution is 6.30. The molecule has 2 aromatic heterocycles. The highest BCUT2D eigenvalue weighted by Crippen LogP contribution is 2.18. The van der Waals surface area contributed by atoms with Crippen molar-refractivity contribution in [3.05, 3.63) is 46.7 Å². The zero-order valence-electron chi connectivity index (χ0n) is 14.5. The third-order valence-corrected chi connectivity index (χ3v) is 4.46. The number of aromatic nitrogens is 4. The third-order valence-electron chi connectivity index (χ3n) is 4.21. The molecule has 1 N–H and O–H groups in total. The number of amides is 1. The summed E-state index contributed by atoms with van der Waals surface area (Å²) in [5.41, 5.74) is 4.12. The Morgan fingerprint density at radius 1 is 1.24 bits per heavy atom. The molecule has 2 heterocycles. The lowest BCUT2D eigenvalue weighted by Crippen LogP contribution is -2.26. The number of halogens is 1. The minimum Gasteiger partial charge on any atom is -0.356 e. The van der Waals surface area contributed by atoms with Gasteiger partial charge in [0.25, 0.3) is 0 Å². The molecule has 7 heteroatoms. The normalized spacial score (nSPS) is 11.2. The minimum atomic E-state index is 0.0261. The van der Waals surface area contributed by atoms with Crippen LogP contribution in [0.3, 0.4) is 0 Å². The fourth-order valence-corrected chi connectivity index (χ4v) is 3.05. The molecular weight excluding hydrogens is 338 g/mol. The molecule has 0 unspecified atom stereocenters. The van der Waals surface area contributed by atoms with Crippen molar-refractivity contribution in [1.82, 2.24) is 24.9 Å². The van der Waals surface area contributed by atoms with Crippen LogP contribution in [0, 0.1) is 6.92 Å². The van der Waals surface area contributed by atoms with Crippen molar-refractivity contribution in [3.63, 3.8) is 0 Å². The second-order valence-electron chi connectivity index (χ2n) is 5.98. The predicted octanol–water partition coefficient (Wildman–Crippen LogP) is 2.96. The van der Waals surface area contributed by atoms with Gasteiger partial charge in [-0.25, -0.2) is 0 Å². The Morgan fingerprint density at radius 2 is 2.00 bits per heavy atom. The fraction of sp³-hybridized carbons (Fsp3) is 0.389. The number of nitrogens with zero attached hydrogens (tertiary/aromatic N) is 4. The number of carbonyl (C=O) groups excluding carboxylic acids is 1. The molecule has 0 radical (unpaired) electrons. The quantitative estimate of drug-likeness (QED) is 0.705. The van der Waals surface area contributed by atoms with Gasteiger partial charge in [0.1, 0.15) is 11.0 Å². The van der Waals surface area contributed by atoms with E-state index >= 15 is 0 Å². The number of carbonyl (C=O) groups is 1. The van der Waals surface area contributed by atoms with E-state index in [4.69, 9.17) is 11.6 Å². The summed E-state index contributed by atoms with van der Waals surface area (Å²) in [6.07, 6.45) is 3.00. The number of rotatable bonds is 7. The smallest absolute Gasteiger partial charge is 0.221 e. The van der Waals surface area contributed by atoms with Crippen LogP contribution in [0.2, 0.25) is 5.02 Å². The highest BCUT2D eigenvalue weighted by Gasteiger charge is 2.13. The molecule has 0 spiro atoms. The summed E-state index contributed by atoms with van der Waals surface area (Å²) in [5.74, 6) is 0.0261. The molecular formula is C18H22ClN5O. The van der Waals surface area contributed by atoms with E-state index < -0.39 is 0 Å². The van der Waals surface area contributed by atoms with Gasteiger partial charge in [-0.2, -0.15) is 10.2 Å². The summed E-state index contributed by atoms with van der Waals surface area (Å²) >= 11 is 5.87. The molecule has 3 rings (SSSR count). The van der Waals surface area contributed by atoms with E-state index in [0.29, 0.717) is 19.5 Å². The second-order valence-corrected chi connectivity index (χ2v) is 6.42. The van der Waals surface area contributed by atoms with Crippen LogP contribution in [0.5, 0.6) is 0 Å². The van der Waals surface area contributed by atoms with Gasteiger partial charge in [0.2, 0.25) is 5.91 Å². The maximum absolute atomic E-state index is 12.1. The summed E-state index contributed by atoms with van der Waals surface area (Å²) in [5, 5.41) is 12.6. The van der Waals surface area contributed by atoms with Crippen LogP contribution in [0.15, 0.2) is 30.5 Å². The van der Waals surface area contributed by atoms with Gasteiger partial charge in [0.15, 0.2) is 0 Å². The van der Waals surface area contributed by atoms with Crippen LogP contribution in [0.1, 0.15) is 24.6 Å². The monoisotopic (exact) mass is 359 g/mol. The van der Waals surface area contributed by atoms with Gasteiger partial charge in [-0.15, -0.1) is 0 Å². The average molecular weight is 360 g/mol. The first-order valence-corrected chi connectivity index (χ1v) is 8.86. The van der Waals surface area contributed by atoms with Crippen LogP contribution in [0.4, 0.5) is 0 Å². The van der Waals surface area contributed by atoms with E-state index in [9.17, 15) is 4.79 Å². The van der Waals surface area contributed by atoms with Crippen LogP contribution in [-0.2, 0) is 24.3 Å². The number of fused-ring (bicyclic) bond motifs is 1. The Hall–Kier alpha value is -2.34. The van der Waals surface area contributed by atoms with Gasteiger partial charge in [-0.1, -0.05) is 23.7 Å². The van der Waals surface area contributed by atoms with Crippen molar-refractivity contribution >= 4 is 28.5 Å². The van der Waals surface area contributed by atoms with Crippen molar-refractivity contribution in [2.75, 3.05) is 6.54 Å². The lowest BCUT2D eigenvalue weighted by atomic mass is 10.1. The van der Waals surface area contributed by atoms with Crippen LogP contribution in [-0.4, -0.2) is 32.0 Å². The zero-order chi connectivity index (χ0) is 17.8. The molecule has 3 aromatic rings. The number of nitrogens with one attached hydrogen (secondary N) is 1. The number of benzene rings is 1. The first-order chi connectivity index (χ1) is 12.1. The molecule has 0 atom stereocenters. The van der Waals surface area contributed by atoms with Crippen LogP contribution >= 0.6 is 11.6 Å². The highest BCUT2D eigenvalue weighted by atomic mass is 35.5. The molecule has 1 aromatic carbocycles. The molecule has 6 nitrogen and oxygen atoms in total. The average Bonchev–Trinajstić information content (AvgIpc) is 3.16. The minimum absolute atomic E-state index is 0.0261. The van der Waals surface area contributed by atoms with Crippen molar-refractivity contribution in [2.24, 2.45) is 0 Å². The Kier molecular flexibility index (Phi) is 5.38. The van der Waals surface area contributed by atoms with Crippen molar-refractivity contribution in [2.45, 2.75) is 39.8 Å². The van der Waals surface area contributed by atoms with Crippen molar-refractivity contribution in [1.29, 1.82) is 0 Å². The number of hydrogen-bond acceptors (Lipinski definition) is 3. The number of aryl methyl sites for hydroxylation is 3. The van der Waals surface area contributed by atoms with Gasteiger partial charge in [-0.05, 0) is 38.0 Å². The molecule has 0 bridgehead atoms. The van der Waals surface area contributed by atoms with Crippen molar-refractivity contribution in [3.8, 4) is 0 Å². The molecule has 0 aliphatic heterocycles. The van der Waals surface area contributed by atoms with Gasteiger partial charge in [0.05, 0.1) is 18.4 Å². The first-order valence-electron chi connectivity index (χ1n) is 8.48. The Morgan fingerprint density at radius 3 is 2.72 bits per heavy atom. The molecule has 0 saturated carbocycles. The van der Waals surface area contributed by atoms with Crippen molar-refractivity contribution < 1.29 is 4.79 Å².